The number of carbonyl (C=O) groups is 1. The van der Waals surface area contributed by atoms with Gasteiger partial charge in [0.2, 0.25) is 5.91 Å². The Morgan fingerprint density at radius 3 is 3.00 bits per heavy atom. The lowest BCUT2D eigenvalue weighted by Crippen LogP contribution is -2.31. The highest BCUT2D eigenvalue weighted by Gasteiger charge is 2.28. The Morgan fingerprint density at radius 2 is 2.24 bits per heavy atom. The molecule has 3 N–H and O–H groups in total. The fraction of sp³-hybridized carbons (Fsp3) is 0.417. The normalized spacial score (nSPS) is 17.1. The van der Waals surface area contributed by atoms with Crippen molar-refractivity contribution in [3.63, 3.8) is 0 Å². The molecule has 0 radical (unpaired) electrons. The molecule has 0 aromatic heterocycles. The lowest BCUT2D eigenvalue weighted by Gasteiger charge is -2.10. The first-order chi connectivity index (χ1) is 7.83. The van der Waals surface area contributed by atoms with E-state index in [1.54, 1.807) is 11.8 Å². The summed E-state index contributed by atoms with van der Waals surface area (Å²) in [5.74, 6) is 0.998. The Labute approximate surface area is 112 Å². The third kappa shape index (κ3) is 3.37. The molecule has 0 aliphatic carbocycles. The van der Waals surface area contributed by atoms with E-state index in [9.17, 15) is 4.79 Å². The molecule has 0 saturated heterocycles. The SMILES string of the molecule is Cl.NCCCNC(=O)C1CSc2ccccc21. The maximum Gasteiger partial charge on any atom is 0.228 e. The largest absolute Gasteiger partial charge is 0.355 e. The first-order valence-corrected chi connectivity index (χ1v) is 6.51. The van der Waals surface area contributed by atoms with Gasteiger partial charge in [0.25, 0.3) is 0 Å². The van der Waals surface area contributed by atoms with Crippen LogP contribution < -0.4 is 11.1 Å². The molecule has 1 atom stereocenters. The number of amides is 1. The van der Waals surface area contributed by atoms with E-state index in [0.29, 0.717) is 13.1 Å². The zero-order valence-corrected chi connectivity index (χ0v) is 11.2. The molecule has 3 nitrogen and oxygen atoms in total. The predicted molar refractivity (Wildman–Crippen MR) is 73.8 cm³/mol. The van der Waals surface area contributed by atoms with Gasteiger partial charge in [-0.3, -0.25) is 4.79 Å². The van der Waals surface area contributed by atoms with Gasteiger partial charge in [-0.25, -0.2) is 0 Å². The molecular weight excluding hydrogens is 256 g/mol. The van der Waals surface area contributed by atoms with E-state index in [0.717, 1.165) is 17.7 Å². The Kier molecular flexibility index (Phi) is 5.82. The standard InChI is InChI=1S/C12H16N2OS.ClH/c13-6-3-7-14-12(15)10-8-16-11-5-2-1-4-9(10)11;/h1-2,4-5,10H,3,6-8,13H2,(H,14,15);1H. The molecule has 94 valence electrons. The second-order valence-electron chi connectivity index (χ2n) is 3.83. The number of fused-ring (bicyclic) bond motifs is 1. The lowest BCUT2D eigenvalue weighted by atomic mass is 10.0. The van der Waals surface area contributed by atoms with E-state index >= 15 is 0 Å². The van der Waals surface area contributed by atoms with Crippen LogP contribution in [0.4, 0.5) is 0 Å². The summed E-state index contributed by atoms with van der Waals surface area (Å²) in [6, 6.07) is 8.13. The summed E-state index contributed by atoms with van der Waals surface area (Å²) in [6.07, 6.45) is 0.841. The van der Waals surface area contributed by atoms with Crippen LogP contribution in [0.3, 0.4) is 0 Å². The summed E-state index contributed by atoms with van der Waals surface area (Å²) in [7, 11) is 0. The van der Waals surface area contributed by atoms with Crippen molar-refractivity contribution in [3.05, 3.63) is 29.8 Å². The maximum atomic E-state index is 11.9. The van der Waals surface area contributed by atoms with Gasteiger partial charge in [-0.05, 0) is 24.6 Å². The van der Waals surface area contributed by atoms with E-state index < -0.39 is 0 Å². The Bertz CT molecular complexity index is 387. The number of hydrogen-bond acceptors (Lipinski definition) is 3. The molecule has 1 unspecified atom stereocenters. The van der Waals surface area contributed by atoms with Crippen LogP contribution in [0, 0.1) is 0 Å². The predicted octanol–water partition coefficient (Wildman–Crippen LogP) is 1.76. The van der Waals surface area contributed by atoms with Crippen molar-refractivity contribution in [2.24, 2.45) is 5.73 Å². The number of carbonyl (C=O) groups excluding carboxylic acids is 1. The first-order valence-electron chi connectivity index (χ1n) is 5.52. The van der Waals surface area contributed by atoms with Gasteiger partial charge in [0, 0.05) is 17.2 Å². The zero-order chi connectivity index (χ0) is 11.4. The highest BCUT2D eigenvalue weighted by atomic mass is 35.5. The van der Waals surface area contributed by atoms with Crippen LogP contribution in [-0.2, 0) is 4.79 Å². The highest BCUT2D eigenvalue weighted by molar-refractivity contribution is 7.99. The second-order valence-corrected chi connectivity index (χ2v) is 4.90. The van der Waals surface area contributed by atoms with Crippen LogP contribution in [0.2, 0.25) is 0 Å². The number of nitrogens with two attached hydrogens (primary N) is 1. The highest BCUT2D eigenvalue weighted by Crippen LogP contribution is 2.39. The van der Waals surface area contributed by atoms with Crippen LogP contribution in [0.5, 0.6) is 0 Å². The Balaban J connectivity index is 0.00000144. The van der Waals surface area contributed by atoms with Gasteiger partial charge in [-0.2, -0.15) is 0 Å². The average Bonchev–Trinajstić information content (AvgIpc) is 2.73. The monoisotopic (exact) mass is 272 g/mol. The zero-order valence-electron chi connectivity index (χ0n) is 9.52. The lowest BCUT2D eigenvalue weighted by molar-refractivity contribution is -0.122. The maximum absolute atomic E-state index is 11.9. The minimum atomic E-state index is 0. The summed E-state index contributed by atoms with van der Waals surface area (Å²) in [4.78, 5) is 13.2. The van der Waals surface area contributed by atoms with Crippen molar-refractivity contribution >= 4 is 30.1 Å². The van der Waals surface area contributed by atoms with Gasteiger partial charge >= 0.3 is 0 Å². The molecule has 0 saturated carbocycles. The molecule has 0 bridgehead atoms. The van der Waals surface area contributed by atoms with Crippen LogP contribution in [-0.4, -0.2) is 24.7 Å². The molecule has 1 amide bonds. The van der Waals surface area contributed by atoms with Crippen molar-refractivity contribution in [2.45, 2.75) is 17.2 Å². The number of hydrogen-bond donors (Lipinski definition) is 2. The van der Waals surface area contributed by atoms with Crippen LogP contribution in [0.15, 0.2) is 29.2 Å². The fourth-order valence-corrected chi connectivity index (χ4v) is 3.05. The molecule has 1 aliphatic rings. The van der Waals surface area contributed by atoms with Crippen molar-refractivity contribution in [2.75, 3.05) is 18.8 Å². The number of thioether (sulfide) groups is 1. The van der Waals surface area contributed by atoms with Gasteiger partial charge < -0.3 is 11.1 Å². The van der Waals surface area contributed by atoms with Crippen LogP contribution in [0.25, 0.3) is 0 Å². The van der Waals surface area contributed by atoms with Crippen LogP contribution in [0.1, 0.15) is 17.9 Å². The number of nitrogens with one attached hydrogen (secondary N) is 1. The summed E-state index contributed by atoms with van der Waals surface area (Å²) < 4.78 is 0. The van der Waals surface area contributed by atoms with Crippen molar-refractivity contribution in [1.29, 1.82) is 0 Å². The van der Waals surface area contributed by atoms with Gasteiger partial charge in [0.15, 0.2) is 0 Å². The number of benzene rings is 1. The van der Waals surface area contributed by atoms with E-state index in [4.69, 9.17) is 5.73 Å². The molecule has 5 heteroatoms. The Morgan fingerprint density at radius 1 is 1.47 bits per heavy atom. The molecule has 2 rings (SSSR count). The van der Waals surface area contributed by atoms with Gasteiger partial charge in [0.05, 0.1) is 5.92 Å². The summed E-state index contributed by atoms with van der Waals surface area (Å²) in [5.41, 5.74) is 6.55. The molecule has 1 aromatic rings. The molecule has 0 spiro atoms. The van der Waals surface area contributed by atoms with Crippen molar-refractivity contribution < 1.29 is 4.79 Å². The molecule has 17 heavy (non-hydrogen) atoms. The van der Waals surface area contributed by atoms with E-state index in [-0.39, 0.29) is 24.2 Å². The molecule has 1 aromatic carbocycles. The van der Waals surface area contributed by atoms with Gasteiger partial charge in [-0.1, -0.05) is 18.2 Å². The van der Waals surface area contributed by atoms with Crippen molar-refractivity contribution in [3.8, 4) is 0 Å². The summed E-state index contributed by atoms with van der Waals surface area (Å²) in [6.45, 7) is 1.30. The fourth-order valence-electron chi connectivity index (χ4n) is 1.82. The second kappa shape index (κ2) is 6.89. The van der Waals surface area contributed by atoms with Crippen molar-refractivity contribution in [1.82, 2.24) is 5.32 Å². The molecule has 0 fully saturated rings. The molecular formula is C12H17ClN2OS. The van der Waals surface area contributed by atoms with Crippen LogP contribution >= 0.6 is 24.2 Å². The van der Waals surface area contributed by atoms with E-state index in [2.05, 4.69) is 11.4 Å². The quantitative estimate of drug-likeness (QED) is 0.822. The third-order valence-electron chi connectivity index (χ3n) is 2.70. The molecule has 1 heterocycles. The molecule has 1 aliphatic heterocycles. The number of halogens is 1. The average molecular weight is 273 g/mol. The first kappa shape index (κ1) is 14.4. The summed E-state index contributed by atoms with van der Waals surface area (Å²) >= 11 is 1.76. The minimum Gasteiger partial charge on any atom is -0.355 e. The third-order valence-corrected chi connectivity index (χ3v) is 3.88. The van der Waals surface area contributed by atoms with E-state index in [1.807, 2.05) is 18.2 Å². The topological polar surface area (TPSA) is 55.1 Å². The Hall–Kier alpha value is -0.710. The number of rotatable bonds is 4. The van der Waals surface area contributed by atoms with E-state index in [1.165, 1.54) is 4.90 Å². The smallest absolute Gasteiger partial charge is 0.228 e. The van der Waals surface area contributed by atoms with Gasteiger partial charge in [-0.15, -0.1) is 24.2 Å². The minimum absolute atomic E-state index is 0. The van der Waals surface area contributed by atoms with Gasteiger partial charge in [0.1, 0.15) is 0 Å². The summed E-state index contributed by atoms with van der Waals surface area (Å²) in [5, 5.41) is 2.93.